The molecule has 1 aromatic rings. The molecule has 0 saturated carbocycles. The van der Waals surface area contributed by atoms with Gasteiger partial charge in [-0.1, -0.05) is 6.92 Å². The van der Waals surface area contributed by atoms with Gasteiger partial charge >= 0.3 is 5.69 Å². The lowest BCUT2D eigenvalue weighted by atomic mass is 9.97. The summed E-state index contributed by atoms with van der Waals surface area (Å²) in [5, 5.41) is 23.6. The molecular formula is C11H17N5O3. The van der Waals surface area contributed by atoms with Gasteiger partial charge in [0, 0.05) is 20.1 Å². The SMILES string of the molecule is CNc1ncnc(N2CCC(O)C(C)C2)c1[N+](=O)[O-]. The lowest BCUT2D eigenvalue weighted by molar-refractivity contribution is -0.383. The van der Waals surface area contributed by atoms with Crippen molar-refractivity contribution in [2.75, 3.05) is 30.4 Å². The first-order valence-corrected chi connectivity index (χ1v) is 6.14. The van der Waals surface area contributed by atoms with Gasteiger partial charge in [0.2, 0.25) is 11.6 Å². The van der Waals surface area contributed by atoms with E-state index in [9.17, 15) is 15.2 Å². The first-order chi connectivity index (χ1) is 9.04. The monoisotopic (exact) mass is 267 g/mol. The van der Waals surface area contributed by atoms with Crippen LogP contribution in [0.3, 0.4) is 0 Å². The topological polar surface area (TPSA) is 104 Å². The molecule has 2 rings (SSSR count). The van der Waals surface area contributed by atoms with Crippen molar-refractivity contribution in [3.05, 3.63) is 16.4 Å². The number of nitrogens with one attached hydrogen (secondary N) is 1. The van der Waals surface area contributed by atoms with Crippen LogP contribution in [0.15, 0.2) is 6.33 Å². The molecule has 1 aromatic heterocycles. The molecule has 1 fully saturated rings. The number of aromatic nitrogens is 2. The number of nitro groups is 1. The summed E-state index contributed by atoms with van der Waals surface area (Å²) >= 11 is 0. The predicted octanol–water partition coefficient (Wildman–Crippen LogP) is 0.634. The molecule has 2 unspecified atom stereocenters. The molecule has 1 saturated heterocycles. The van der Waals surface area contributed by atoms with E-state index in [0.29, 0.717) is 25.3 Å². The van der Waals surface area contributed by atoms with Gasteiger partial charge in [-0.2, -0.15) is 0 Å². The summed E-state index contributed by atoms with van der Waals surface area (Å²) in [6.07, 6.45) is 1.53. The maximum atomic E-state index is 11.2. The molecule has 1 aliphatic rings. The maximum absolute atomic E-state index is 11.2. The molecule has 0 spiro atoms. The average Bonchev–Trinajstić information content (AvgIpc) is 2.40. The second-order valence-corrected chi connectivity index (χ2v) is 4.68. The summed E-state index contributed by atoms with van der Waals surface area (Å²) in [5.41, 5.74) is -0.117. The number of hydrogen-bond acceptors (Lipinski definition) is 7. The van der Waals surface area contributed by atoms with Gasteiger partial charge in [0.25, 0.3) is 0 Å². The van der Waals surface area contributed by atoms with Crippen molar-refractivity contribution >= 4 is 17.3 Å². The van der Waals surface area contributed by atoms with Gasteiger partial charge in [-0.25, -0.2) is 9.97 Å². The standard InChI is InChI=1S/C11H17N5O3/c1-7-5-15(4-3-8(7)17)11-9(16(18)19)10(12-2)13-6-14-11/h6-8,17H,3-5H2,1-2H3,(H,12,13,14). The third-order valence-electron chi connectivity index (χ3n) is 3.38. The molecular weight excluding hydrogens is 250 g/mol. The van der Waals surface area contributed by atoms with Gasteiger partial charge in [0.1, 0.15) is 6.33 Å². The molecule has 0 bridgehead atoms. The van der Waals surface area contributed by atoms with Crippen LogP contribution in [0.2, 0.25) is 0 Å². The fourth-order valence-corrected chi connectivity index (χ4v) is 2.28. The minimum atomic E-state index is -0.475. The molecule has 19 heavy (non-hydrogen) atoms. The van der Waals surface area contributed by atoms with Crippen molar-refractivity contribution in [3.8, 4) is 0 Å². The first kappa shape index (κ1) is 13.5. The second-order valence-electron chi connectivity index (χ2n) is 4.68. The van der Waals surface area contributed by atoms with E-state index in [1.165, 1.54) is 6.33 Å². The van der Waals surface area contributed by atoms with Crippen LogP contribution in [0.5, 0.6) is 0 Å². The summed E-state index contributed by atoms with van der Waals surface area (Å²) in [6, 6.07) is 0. The first-order valence-electron chi connectivity index (χ1n) is 6.14. The molecule has 8 nitrogen and oxygen atoms in total. The lowest BCUT2D eigenvalue weighted by Gasteiger charge is -2.34. The number of aliphatic hydroxyl groups excluding tert-OH is 1. The Morgan fingerprint density at radius 3 is 2.89 bits per heavy atom. The predicted molar refractivity (Wildman–Crippen MR) is 70.2 cm³/mol. The van der Waals surface area contributed by atoms with E-state index in [0.717, 1.165) is 0 Å². The quantitative estimate of drug-likeness (QED) is 0.611. The van der Waals surface area contributed by atoms with Gasteiger partial charge < -0.3 is 15.3 Å². The fourth-order valence-electron chi connectivity index (χ4n) is 2.28. The van der Waals surface area contributed by atoms with E-state index in [4.69, 9.17) is 0 Å². The molecule has 8 heteroatoms. The van der Waals surface area contributed by atoms with Crippen molar-refractivity contribution in [2.45, 2.75) is 19.4 Å². The number of rotatable bonds is 3. The molecule has 2 atom stereocenters. The third kappa shape index (κ3) is 2.58. The summed E-state index contributed by atoms with van der Waals surface area (Å²) in [6.45, 7) is 3.01. The van der Waals surface area contributed by atoms with Gasteiger partial charge in [-0.3, -0.25) is 10.1 Å². The zero-order chi connectivity index (χ0) is 14.0. The molecule has 0 amide bonds. The Bertz CT molecular complexity index is 481. The Kier molecular flexibility index (Phi) is 3.79. The zero-order valence-corrected chi connectivity index (χ0v) is 10.9. The van der Waals surface area contributed by atoms with Crippen LogP contribution in [0.4, 0.5) is 17.3 Å². The number of hydrogen-bond donors (Lipinski definition) is 2. The smallest absolute Gasteiger partial charge is 0.353 e. The Morgan fingerprint density at radius 2 is 2.32 bits per heavy atom. The van der Waals surface area contributed by atoms with E-state index in [1.54, 1.807) is 7.05 Å². The van der Waals surface area contributed by atoms with Gasteiger partial charge in [-0.15, -0.1) is 0 Å². The number of anilines is 2. The van der Waals surface area contributed by atoms with E-state index in [-0.39, 0.29) is 23.5 Å². The Morgan fingerprint density at radius 1 is 1.58 bits per heavy atom. The number of piperidine rings is 1. The molecule has 2 N–H and O–H groups in total. The number of nitrogens with zero attached hydrogens (tertiary/aromatic N) is 4. The van der Waals surface area contributed by atoms with Crippen molar-refractivity contribution in [1.29, 1.82) is 0 Å². The molecule has 0 aromatic carbocycles. The molecule has 104 valence electrons. The second kappa shape index (κ2) is 5.35. The van der Waals surface area contributed by atoms with E-state index in [1.807, 2.05) is 11.8 Å². The summed E-state index contributed by atoms with van der Waals surface area (Å²) in [4.78, 5) is 20.5. The van der Waals surface area contributed by atoms with E-state index in [2.05, 4.69) is 15.3 Å². The van der Waals surface area contributed by atoms with Crippen LogP contribution in [-0.4, -0.2) is 46.2 Å². The summed E-state index contributed by atoms with van der Waals surface area (Å²) < 4.78 is 0. The Hall–Kier alpha value is -1.96. The van der Waals surface area contributed by atoms with Crippen LogP contribution in [0.1, 0.15) is 13.3 Å². The molecule has 1 aliphatic heterocycles. The third-order valence-corrected chi connectivity index (χ3v) is 3.38. The largest absolute Gasteiger partial charge is 0.393 e. The zero-order valence-electron chi connectivity index (χ0n) is 10.9. The highest BCUT2D eigenvalue weighted by Crippen LogP contribution is 2.33. The minimum Gasteiger partial charge on any atom is -0.393 e. The van der Waals surface area contributed by atoms with Crippen molar-refractivity contribution in [3.63, 3.8) is 0 Å². The summed E-state index contributed by atoms with van der Waals surface area (Å²) in [7, 11) is 1.59. The van der Waals surface area contributed by atoms with Gasteiger partial charge in [0.15, 0.2) is 0 Å². The van der Waals surface area contributed by atoms with Gasteiger partial charge in [0.05, 0.1) is 11.0 Å². The van der Waals surface area contributed by atoms with Crippen LogP contribution >= 0.6 is 0 Å². The van der Waals surface area contributed by atoms with Crippen molar-refractivity contribution in [2.24, 2.45) is 5.92 Å². The van der Waals surface area contributed by atoms with Crippen LogP contribution < -0.4 is 10.2 Å². The summed E-state index contributed by atoms with van der Waals surface area (Å²) in [5.74, 6) is 0.568. The van der Waals surface area contributed by atoms with E-state index >= 15 is 0 Å². The average molecular weight is 267 g/mol. The lowest BCUT2D eigenvalue weighted by Crippen LogP contribution is -2.42. The highest BCUT2D eigenvalue weighted by atomic mass is 16.6. The van der Waals surface area contributed by atoms with Crippen molar-refractivity contribution < 1.29 is 10.0 Å². The fraction of sp³-hybridized carbons (Fsp3) is 0.636. The van der Waals surface area contributed by atoms with Crippen LogP contribution in [-0.2, 0) is 0 Å². The highest BCUT2D eigenvalue weighted by Gasteiger charge is 2.31. The molecule has 0 aliphatic carbocycles. The normalized spacial score (nSPS) is 23.2. The molecule has 2 heterocycles. The Balaban J connectivity index is 2.37. The van der Waals surface area contributed by atoms with E-state index < -0.39 is 4.92 Å². The van der Waals surface area contributed by atoms with Crippen molar-refractivity contribution in [1.82, 2.24) is 9.97 Å². The number of aliphatic hydroxyl groups is 1. The highest BCUT2D eigenvalue weighted by molar-refractivity contribution is 5.70. The Labute approximate surface area is 110 Å². The van der Waals surface area contributed by atoms with Gasteiger partial charge in [-0.05, 0) is 12.3 Å². The van der Waals surface area contributed by atoms with Crippen LogP contribution in [0, 0.1) is 16.0 Å². The maximum Gasteiger partial charge on any atom is 0.353 e. The minimum absolute atomic E-state index is 0.0568. The molecule has 0 radical (unpaired) electrons. The van der Waals surface area contributed by atoms with Crippen LogP contribution in [0.25, 0.3) is 0 Å².